The lowest BCUT2D eigenvalue weighted by molar-refractivity contribution is 0.171. The first-order valence-electron chi connectivity index (χ1n) is 8.66. The van der Waals surface area contributed by atoms with Crippen molar-refractivity contribution in [2.75, 3.05) is 29.2 Å². The van der Waals surface area contributed by atoms with Crippen LogP contribution in [0.15, 0.2) is 72.8 Å². The number of benzene rings is 3. The molecule has 3 N–H and O–H groups in total. The molecule has 2 amide bonds. The first-order valence-corrected chi connectivity index (χ1v) is 8.66. The van der Waals surface area contributed by atoms with E-state index in [1.54, 1.807) is 0 Å². The number of rotatable bonds is 4. The molecule has 4 rings (SSSR count). The van der Waals surface area contributed by atoms with Crippen LogP contribution < -0.4 is 25.4 Å². The molecule has 0 atom stereocenters. The molecule has 0 saturated heterocycles. The molecule has 0 aromatic heterocycles. The van der Waals surface area contributed by atoms with Crippen LogP contribution in [-0.4, -0.2) is 19.2 Å². The number of nitrogens with one attached hydrogen (secondary N) is 3. The topological polar surface area (TPSA) is 71.6 Å². The number of amides is 2. The van der Waals surface area contributed by atoms with Gasteiger partial charge in [0.1, 0.15) is 13.2 Å². The largest absolute Gasteiger partial charge is 0.486 e. The smallest absolute Gasteiger partial charge is 0.323 e. The van der Waals surface area contributed by atoms with E-state index in [0.29, 0.717) is 18.9 Å². The number of hydrogen-bond donors (Lipinski definition) is 3. The lowest BCUT2D eigenvalue weighted by atomic mass is 10.2. The van der Waals surface area contributed by atoms with Gasteiger partial charge in [0, 0.05) is 28.8 Å². The average molecular weight is 361 g/mol. The predicted molar refractivity (Wildman–Crippen MR) is 106 cm³/mol. The standard InChI is InChI=1S/C21H19N3O3/c25-21(23-15-4-2-1-3-5-15)24-17-8-6-16(7-9-17)22-18-10-11-19-20(14-18)27-13-12-26-19/h1-11,14,22H,12-13H2,(H2,23,24,25). The molecule has 0 spiro atoms. The van der Waals surface area contributed by atoms with Crippen LogP contribution in [0.5, 0.6) is 11.5 Å². The maximum absolute atomic E-state index is 12.0. The zero-order valence-electron chi connectivity index (χ0n) is 14.6. The second kappa shape index (κ2) is 7.70. The SMILES string of the molecule is O=C(Nc1ccccc1)Nc1ccc(Nc2ccc3c(c2)OCCO3)cc1. The third-order valence-electron chi connectivity index (χ3n) is 4.01. The van der Waals surface area contributed by atoms with E-state index in [1.165, 1.54) is 0 Å². The number of carbonyl (C=O) groups is 1. The molecule has 3 aromatic rings. The molecule has 0 radical (unpaired) electrons. The fourth-order valence-corrected chi connectivity index (χ4v) is 2.74. The van der Waals surface area contributed by atoms with Gasteiger partial charge in [-0.25, -0.2) is 4.79 Å². The van der Waals surface area contributed by atoms with Gasteiger partial charge in [0.15, 0.2) is 11.5 Å². The minimum atomic E-state index is -0.284. The molecule has 6 nitrogen and oxygen atoms in total. The quantitative estimate of drug-likeness (QED) is 0.621. The van der Waals surface area contributed by atoms with Gasteiger partial charge in [0.2, 0.25) is 0 Å². The minimum absolute atomic E-state index is 0.284. The number of fused-ring (bicyclic) bond motifs is 1. The molecule has 6 heteroatoms. The molecule has 1 aliphatic heterocycles. The second-order valence-corrected chi connectivity index (χ2v) is 6.01. The Labute approximate surface area is 157 Å². The van der Waals surface area contributed by atoms with Gasteiger partial charge in [-0.05, 0) is 48.5 Å². The van der Waals surface area contributed by atoms with Crippen molar-refractivity contribution < 1.29 is 14.3 Å². The summed E-state index contributed by atoms with van der Waals surface area (Å²) in [5, 5.41) is 8.90. The first-order chi connectivity index (χ1) is 13.3. The van der Waals surface area contributed by atoms with Crippen LogP contribution >= 0.6 is 0 Å². The minimum Gasteiger partial charge on any atom is -0.486 e. The van der Waals surface area contributed by atoms with Gasteiger partial charge in [-0.3, -0.25) is 0 Å². The van der Waals surface area contributed by atoms with Crippen LogP contribution in [0.4, 0.5) is 27.5 Å². The van der Waals surface area contributed by atoms with Crippen LogP contribution in [0.1, 0.15) is 0 Å². The Kier molecular flexibility index (Phi) is 4.78. The van der Waals surface area contributed by atoms with Crippen molar-refractivity contribution in [3.05, 3.63) is 72.8 Å². The van der Waals surface area contributed by atoms with Crippen LogP contribution in [0, 0.1) is 0 Å². The summed E-state index contributed by atoms with van der Waals surface area (Å²) in [5.41, 5.74) is 3.26. The second-order valence-electron chi connectivity index (χ2n) is 6.01. The Bertz CT molecular complexity index is 927. The van der Waals surface area contributed by atoms with Gasteiger partial charge >= 0.3 is 6.03 Å². The van der Waals surface area contributed by atoms with Crippen molar-refractivity contribution in [3.63, 3.8) is 0 Å². The summed E-state index contributed by atoms with van der Waals surface area (Å²) in [6, 6.07) is 22.2. The summed E-state index contributed by atoms with van der Waals surface area (Å²) in [7, 11) is 0. The number of urea groups is 1. The zero-order valence-corrected chi connectivity index (χ0v) is 14.6. The first kappa shape index (κ1) is 16.8. The molecular weight excluding hydrogens is 342 g/mol. The summed E-state index contributed by atoms with van der Waals surface area (Å²) in [6.07, 6.45) is 0. The molecule has 0 saturated carbocycles. The van der Waals surface area contributed by atoms with Crippen molar-refractivity contribution in [2.45, 2.75) is 0 Å². The summed E-state index contributed by atoms with van der Waals surface area (Å²) in [4.78, 5) is 12.0. The van der Waals surface area contributed by atoms with Gasteiger partial charge in [-0.2, -0.15) is 0 Å². The number of para-hydroxylation sites is 1. The van der Waals surface area contributed by atoms with E-state index < -0.39 is 0 Å². The number of carbonyl (C=O) groups excluding carboxylic acids is 1. The van der Waals surface area contributed by atoms with E-state index in [-0.39, 0.29) is 6.03 Å². The van der Waals surface area contributed by atoms with Crippen molar-refractivity contribution in [2.24, 2.45) is 0 Å². The molecule has 3 aromatic carbocycles. The highest BCUT2D eigenvalue weighted by atomic mass is 16.6. The Hall–Kier alpha value is -3.67. The molecule has 0 bridgehead atoms. The van der Waals surface area contributed by atoms with Crippen LogP contribution in [0.25, 0.3) is 0 Å². The fraction of sp³-hybridized carbons (Fsp3) is 0.0952. The van der Waals surface area contributed by atoms with E-state index >= 15 is 0 Å². The van der Waals surface area contributed by atoms with Crippen LogP contribution in [-0.2, 0) is 0 Å². The molecular formula is C21H19N3O3. The van der Waals surface area contributed by atoms with Crippen LogP contribution in [0.3, 0.4) is 0 Å². The molecule has 0 fully saturated rings. The van der Waals surface area contributed by atoms with E-state index in [4.69, 9.17) is 9.47 Å². The monoisotopic (exact) mass is 361 g/mol. The molecule has 0 unspecified atom stereocenters. The van der Waals surface area contributed by atoms with Crippen molar-refractivity contribution >= 4 is 28.8 Å². The summed E-state index contributed by atoms with van der Waals surface area (Å²) in [5.74, 6) is 1.50. The van der Waals surface area contributed by atoms with E-state index in [2.05, 4.69) is 16.0 Å². The zero-order chi connectivity index (χ0) is 18.5. The number of hydrogen-bond acceptors (Lipinski definition) is 4. The molecule has 1 aliphatic rings. The number of ether oxygens (including phenoxy) is 2. The van der Waals surface area contributed by atoms with Gasteiger partial charge in [-0.15, -0.1) is 0 Å². The maximum atomic E-state index is 12.0. The Balaban J connectivity index is 1.37. The van der Waals surface area contributed by atoms with Crippen molar-refractivity contribution in [3.8, 4) is 11.5 Å². The fourth-order valence-electron chi connectivity index (χ4n) is 2.74. The third-order valence-corrected chi connectivity index (χ3v) is 4.01. The lowest BCUT2D eigenvalue weighted by Crippen LogP contribution is -2.19. The number of anilines is 4. The normalized spacial score (nSPS) is 12.1. The maximum Gasteiger partial charge on any atom is 0.323 e. The highest BCUT2D eigenvalue weighted by molar-refractivity contribution is 5.99. The van der Waals surface area contributed by atoms with Gasteiger partial charge < -0.3 is 25.4 Å². The van der Waals surface area contributed by atoms with Crippen molar-refractivity contribution in [1.82, 2.24) is 0 Å². The summed E-state index contributed by atoms with van der Waals surface area (Å²) in [6.45, 7) is 1.13. The molecule has 27 heavy (non-hydrogen) atoms. The van der Waals surface area contributed by atoms with Gasteiger partial charge in [-0.1, -0.05) is 18.2 Å². The van der Waals surface area contributed by atoms with E-state index in [0.717, 1.165) is 28.6 Å². The third kappa shape index (κ3) is 4.30. The summed E-state index contributed by atoms with van der Waals surface area (Å²) >= 11 is 0. The Morgan fingerprint density at radius 2 is 1.26 bits per heavy atom. The van der Waals surface area contributed by atoms with Gasteiger partial charge in [0.25, 0.3) is 0 Å². The molecule has 1 heterocycles. The lowest BCUT2D eigenvalue weighted by Gasteiger charge is -2.19. The predicted octanol–water partition coefficient (Wildman–Crippen LogP) is 4.85. The molecule has 0 aliphatic carbocycles. The summed E-state index contributed by atoms with van der Waals surface area (Å²) < 4.78 is 11.1. The van der Waals surface area contributed by atoms with Crippen LogP contribution in [0.2, 0.25) is 0 Å². The highest BCUT2D eigenvalue weighted by Crippen LogP contribution is 2.33. The highest BCUT2D eigenvalue weighted by Gasteiger charge is 2.11. The van der Waals surface area contributed by atoms with E-state index in [1.807, 2.05) is 72.8 Å². The Morgan fingerprint density at radius 3 is 2.00 bits per heavy atom. The van der Waals surface area contributed by atoms with E-state index in [9.17, 15) is 4.79 Å². The van der Waals surface area contributed by atoms with Crippen molar-refractivity contribution in [1.29, 1.82) is 0 Å². The average Bonchev–Trinajstić information content (AvgIpc) is 2.70. The molecule has 136 valence electrons. The van der Waals surface area contributed by atoms with Gasteiger partial charge in [0.05, 0.1) is 0 Å². The Morgan fingerprint density at radius 1 is 0.667 bits per heavy atom.